The second kappa shape index (κ2) is 11.9. The molecule has 160 valence electrons. The molecule has 0 unspecified atom stereocenters. The molecule has 2 heterocycles. The van der Waals surface area contributed by atoms with Crippen LogP contribution in [-0.2, 0) is 16.1 Å². The number of hydrogen-bond acceptors (Lipinski definition) is 5. The van der Waals surface area contributed by atoms with Crippen LogP contribution in [0.3, 0.4) is 0 Å². The van der Waals surface area contributed by atoms with Gasteiger partial charge < -0.3 is 20.1 Å². The van der Waals surface area contributed by atoms with Crippen molar-refractivity contribution in [1.82, 2.24) is 15.6 Å². The third kappa shape index (κ3) is 6.82. The summed E-state index contributed by atoms with van der Waals surface area (Å²) >= 11 is 0. The molecule has 1 aromatic carbocycles. The first-order chi connectivity index (χ1) is 13.1. The van der Waals surface area contributed by atoms with Crippen molar-refractivity contribution in [2.45, 2.75) is 19.4 Å². The van der Waals surface area contributed by atoms with Gasteiger partial charge in [0.1, 0.15) is 11.6 Å². The molecule has 0 radical (unpaired) electrons. The van der Waals surface area contributed by atoms with Crippen molar-refractivity contribution in [2.24, 2.45) is 5.41 Å². The van der Waals surface area contributed by atoms with Crippen LogP contribution in [0.2, 0.25) is 0 Å². The summed E-state index contributed by atoms with van der Waals surface area (Å²) in [4.78, 5) is 17.0. The van der Waals surface area contributed by atoms with Crippen molar-refractivity contribution >= 4 is 30.7 Å². The highest BCUT2D eigenvalue weighted by Crippen LogP contribution is 2.29. The zero-order chi connectivity index (χ0) is 19.1. The largest absolute Gasteiger partial charge is 0.439 e. The maximum Gasteiger partial charge on any atom is 0.228 e. The second-order valence-electron chi connectivity index (χ2n) is 6.70. The Bertz CT molecular complexity index is 766. The molecule has 1 fully saturated rings. The molecule has 0 aliphatic carbocycles. The number of halogens is 3. The van der Waals surface area contributed by atoms with Crippen LogP contribution in [0.1, 0.15) is 18.4 Å². The van der Waals surface area contributed by atoms with E-state index in [1.807, 2.05) is 6.07 Å². The van der Waals surface area contributed by atoms with Gasteiger partial charge in [0, 0.05) is 25.9 Å². The molecule has 1 amide bonds. The van der Waals surface area contributed by atoms with Gasteiger partial charge in [-0.2, -0.15) is 0 Å². The highest BCUT2D eigenvalue weighted by atomic mass is 35.5. The maximum atomic E-state index is 13.0. The first-order valence-electron chi connectivity index (χ1n) is 8.98. The van der Waals surface area contributed by atoms with Crippen LogP contribution >= 0.6 is 24.8 Å². The van der Waals surface area contributed by atoms with E-state index in [2.05, 4.69) is 15.6 Å². The van der Waals surface area contributed by atoms with Gasteiger partial charge in [-0.3, -0.25) is 4.79 Å². The Hall–Kier alpha value is -1.93. The fourth-order valence-corrected chi connectivity index (χ4v) is 3.23. The van der Waals surface area contributed by atoms with Crippen LogP contribution in [-0.4, -0.2) is 37.7 Å². The molecular weight excluding hydrogens is 420 g/mol. The molecule has 1 aromatic heterocycles. The van der Waals surface area contributed by atoms with Crippen molar-refractivity contribution in [3.05, 3.63) is 54.0 Å². The summed E-state index contributed by atoms with van der Waals surface area (Å²) in [7, 11) is 1.62. The fourth-order valence-electron chi connectivity index (χ4n) is 3.23. The van der Waals surface area contributed by atoms with Crippen molar-refractivity contribution < 1.29 is 18.7 Å². The number of pyridine rings is 1. The predicted molar refractivity (Wildman–Crippen MR) is 113 cm³/mol. The molecule has 1 aliphatic rings. The van der Waals surface area contributed by atoms with E-state index in [1.165, 1.54) is 24.3 Å². The Morgan fingerprint density at radius 1 is 1.21 bits per heavy atom. The summed E-state index contributed by atoms with van der Waals surface area (Å²) in [5.41, 5.74) is 0.387. The standard InChI is InChI=1S/C20H24FN3O3.2ClH/c1-26-14-20(7-10-22-11-8-20)19(25)24-13-15-6-9-23-18(12-15)27-17-4-2-16(21)3-5-17;;/h2-6,9,12,22H,7-8,10-11,13-14H2,1H3,(H,24,25);2*1H. The minimum Gasteiger partial charge on any atom is -0.439 e. The van der Waals surface area contributed by atoms with Gasteiger partial charge in [0.2, 0.25) is 11.8 Å². The van der Waals surface area contributed by atoms with E-state index in [0.29, 0.717) is 24.8 Å². The molecule has 1 aliphatic heterocycles. The molecule has 3 rings (SSSR count). The lowest BCUT2D eigenvalue weighted by Crippen LogP contribution is -2.49. The Balaban J connectivity index is 0.00000210. The summed E-state index contributed by atoms with van der Waals surface area (Å²) < 4.78 is 23.9. The van der Waals surface area contributed by atoms with Gasteiger partial charge in [0.15, 0.2) is 0 Å². The van der Waals surface area contributed by atoms with Gasteiger partial charge in [0.25, 0.3) is 0 Å². The number of nitrogens with zero attached hydrogens (tertiary/aromatic N) is 1. The summed E-state index contributed by atoms with van der Waals surface area (Å²) in [6, 6.07) is 9.31. The molecule has 29 heavy (non-hydrogen) atoms. The molecular formula is C20H26Cl2FN3O3. The minimum atomic E-state index is -0.486. The number of hydrogen-bond donors (Lipinski definition) is 2. The quantitative estimate of drug-likeness (QED) is 0.682. The van der Waals surface area contributed by atoms with Gasteiger partial charge in [-0.25, -0.2) is 9.37 Å². The number of aromatic nitrogens is 1. The topological polar surface area (TPSA) is 72.5 Å². The van der Waals surface area contributed by atoms with Crippen LogP contribution in [0, 0.1) is 11.2 Å². The Morgan fingerprint density at radius 2 is 1.90 bits per heavy atom. The number of ether oxygens (including phenoxy) is 2. The number of carbonyl (C=O) groups excluding carboxylic acids is 1. The molecule has 0 bridgehead atoms. The van der Waals surface area contributed by atoms with Crippen LogP contribution < -0.4 is 15.4 Å². The first kappa shape index (κ1) is 25.1. The van der Waals surface area contributed by atoms with Gasteiger partial charge in [0.05, 0.1) is 12.0 Å². The number of carbonyl (C=O) groups is 1. The third-order valence-electron chi connectivity index (χ3n) is 4.75. The third-order valence-corrected chi connectivity index (χ3v) is 4.75. The Kier molecular flexibility index (Phi) is 10.3. The normalized spacial score (nSPS) is 14.8. The van der Waals surface area contributed by atoms with Crippen molar-refractivity contribution in [3.8, 4) is 11.6 Å². The summed E-state index contributed by atoms with van der Waals surface area (Å²) in [6.45, 7) is 2.40. The molecule has 0 spiro atoms. The van der Waals surface area contributed by atoms with E-state index in [-0.39, 0.29) is 36.5 Å². The zero-order valence-corrected chi connectivity index (χ0v) is 17.8. The molecule has 1 saturated heterocycles. The lowest BCUT2D eigenvalue weighted by atomic mass is 9.78. The van der Waals surface area contributed by atoms with Crippen LogP contribution in [0.5, 0.6) is 11.6 Å². The smallest absolute Gasteiger partial charge is 0.228 e. The lowest BCUT2D eigenvalue weighted by molar-refractivity contribution is -0.136. The van der Waals surface area contributed by atoms with E-state index in [4.69, 9.17) is 9.47 Å². The SMILES string of the molecule is COCC1(C(=O)NCc2ccnc(Oc3ccc(F)cc3)c2)CCNCC1.Cl.Cl. The number of nitrogens with one attached hydrogen (secondary N) is 2. The van der Waals surface area contributed by atoms with Crippen LogP contribution in [0.4, 0.5) is 4.39 Å². The molecule has 9 heteroatoms. The maximum absolute atomic E-state index is 13.0. The van der Waals surface area contributed by atoms with E-state index in [0.717, 1.165) is 31.5 Å². The lowest BCUT2D eigenvalue weighted by Gasteiger charge is -2.35. The van der Waals surface area contributed by atoms with Gasteiger partial charge in [-0.05, 0) is 61.8 Å². The predicted octanol–water partition coefficient (Wildman–Crippen LogP) is 3.49. The number of methoxy groups -OCH3 is 1. The second-order valence-corrected chi connectivity index (χ2v) is 6.70. The monoisotopic (exact) mass is 445 g/mol. The van der Waals surface area contributed by atoms with Crippen molar-refractivity contribution in [2.75, 3.05) is 26.8 Å². The first-order valence-corrected chi connectivity index (χ1v) is 8.98. The summed E-state index contributed by atoms with van der Waals surface area (Å²) in [5, 5.41) is 6.29. The van der Waals surface area contributed by atoms with E-state index >= 15 is 0 Å². The molecule has 2 N–H and O–H groups in total. The summed E-state index contributed by atoms with van der Waals surface area (Å²) in [6.07, 6.45) is 3.12. The Morgan fingerprint density at radius 3 is 2.55 bits per heavy atom. The highest BCUT2D eigenvalue weighted by molar-refractivity contribution is 5.85. The van der Waals surface area contributed by atoms with Crippen LogP contribution in [0.15, 0.2) is 42.6 Å². The molecule has 6 nitrogen and oxygen atoms in total. The van der Waals surface area contributed by atoms with Crippen LogP contribution in [0.25, 0.3) is 0 Å². The number of benzene rings is 1. The zero-order valence-electron chi connectivity index (χ0n) is 16.2. The van der Waals surface area contributed by atoms with Crippen molar-refractivity contribution in [3.63, 3.8) is 0 Å². The molecule has 0 atom stereocenters. The fraction of sp³-hybridized carbons (Fsp3) is 0.400. The summed E-state index contributed by atoms with van der Waals surface area (Å²) in [5.74, 6) is 0.569. The molecule has 0 saturated carbocycles. The number of amides is 1. The number of piperidine rings is 1. The average molecular weight is 446 g/mol. The molecule has 2 aromatic rings. The Labute approximate surface area is 182 Å². The van der Waals surface area contributed by atoms with E-state index in [1.54, 1.807) is 19.4 Å². The number of rotatable bonds is 7. The van der Waals surface area contributed by atoms with E-state index < -0.39 is 5.41 Å². The van der Waals surface area contributed by atoms with Gasteiger partial charge >= 0.3 is 0 Å². The average Bonchev–Trinajstić information content (AvgIpc) is 2.69. The van der Waals surface area contributed by atoms with Crippen molar-refractivity contribution in [1.29, 1.82) is 0 Å². The minimum absolute atomic E-state index is 0. The van der Waals surface area contributed by atoms with Gasteiger partial charge in [-0.1, -0.05) is 0 Å². The van der Waals surface area contributed by atoms with Gasteiger partial charge in [-0.15, -0.1) is 24.8 Å². The highest BCUT2D eigenvalue weighted by Gasteiger charge is 2.39. The van der Waals surface area contributed by atoms with E-state index in [9.17, 15) is 9.18 Å².